The van der Waals surface area contributed by atoms with Crippen molar-refractivity contribution in [1.29, 1.82) is 0 Å². The molecular formula is C14H24N2. The summed E-state index contributed by atoms with van der Waals surface area (Å²) in [6, 6.07) is 2.15. The summed E-state index contributed by atoms with van der Waals surface area (Å²) in [5.41, 5.74) is 1.25. The molecule has 0 saturated carbocycles. The van der Waals surface area contributed by atoms with Gasteiger partial charge in [-0.05, 0) is 25.8 Å². The van der Waals surface area contributed by atoms with Gasteiger partial charge in [0, 0.05) is 19.2 Å². The van der Waals surface area contributed by atoms with Crippen LogP contribution in [-0.2, 0) is 7.05 Å². The molecule has 0 bridgehead atoms. The van der Waals surface area contributed by atoms with Crippen LogP contribution in [0.3, 0.4) is 0 Å². The predicted molar refractivity (Wildman–Crippen MR) is 69.5 cm³/mol. The summed E-state index contributed by atoms with van der Waals surface area (Å²) in [5, 5.41) is 4.53. The molecule has 1 aromatic heterocycles. The molecule has 2 nitrogen and oxygen atoms in total. The van der Waals surface area contributed by atoms with Gasteiger partial charge >= 0.3 is 0 Å². The number of aromatic nitrogens is 2. The maximum Gasteiger partial charge on any atom is 0.0658 e. The van der Waals surface area contributed by atoms with Crippen LogP contribution in [-0.4, -0.2) is 9.78 Å². The van der Waals surface area contributed by atoms with Crippen molar-refractivity contribution in [3.05, 3.63) is 30.1 Å². The van der Waals surface area contributed by atoms with E-state index >= 15 is 0 Å². The van der Waals surface area contributed by atoms with Crippen LogP contribution in [0.5, 0.6) is 0 Å². The van der Waals surface area contributed by atoms with E-state index in [1.54, 1.807) is 0 Å². The molecule has 0 fully saturated rings. The molecule has 0 amide bonds. The zero-order valence-electron chi connectivity index (χ0n) is 10.8. The quantitative estimate of drug-likeness (QED) is 0.500. The van der Waals surface area contributed by atoms with Crippen LogP contribution < -0.4 is 0 Å². The molecule has 16 heavy (non-hydrogen) atoms. The molecule has 0 aliphatic carbocycles. The first-order chi connectivity index (χ1) is 7.77. The van der Waals surface area contributed by atoms with Crippen molar-refractivity contribution in [3.63, 3.8) is 0 Å². The number of nitrogens with zero attached hydrogens (tertiary/aromatic N) is 2. The summed E-state index contributed by atoms with van der Waals surface area (Å²) >= 11 is 0. The fourth-order valence-corrected chi connectivity index (χ4v) is 1.98. The molecule has 0 N–H and O–H groups in total. The van der Waals surface area contributed by atoms with Gasteiger partial charge < -0.3 is 0 Å². The number of rotatable bonds is 7. The van der Waals surface area contributed by atoms with E-state index in [2.05, 4.69) is 37.2 Å². The molecule has 0 radical (unpaired) electrons. The highest BCUT2D eigenvalue weighted by Crippen LogP contribution is 2.24. The summed E-state index contributed by atoms with van der Waals surface area (Å²) < 4.78 is 1.90. The Balaban J connectivity index is 2.55. The third kappa shape index (κ3) is 4.21. The Morgan fingerprint density at radius 2 is 2.25 bits per heavy atom. The van der Waals surface area contributed by atoms with Gasteiger partial charge in [-0.2, -0.15) is 5.10 Å². The number of hydrogen-bond acceptors (Lipinski definition) is 1. The summed E-state index contributed by atoms with van der Waals surface area (Å²) in [7, 11) is 1.99. The molecule has 1 unspecified atom stereocenters. The van der Waals surface area contributed by atoms with Crippen LogP contribution in [0.1, 0.15) is 57.6 Å². The lowest BCUT2D eigenvalue weighted by molar-refractivity contribution is 0.551. The molecule has 0 saturated heterocycles. The monoisotopic (exact) mass is 220 g/mol. The van der Waals surface area contributed by atoms with Gasteiger partial charge in [0.15, 0.2) is 0 Å². The van der Waals surface area contributed by atoms with Crippen molar-refractivity contribution < 1.29 is 0 Å². The average Bonchev–Trinajstić information content (AvgIpc) is 2.70. The lowest BCUT2D eigenvalue weighted by Crippen LogP contribution is -2.00. The maximum atomic E-state index is 4.53. The van der Waals surface area contributed by atoms with E-state index in [-0.39, 0.29) is 0 Å². The van der Waals surface area contributed by atoms with Gasteiger partial charge in [0.2, 0.25) is 0 Å². The highest BCUT2D eigenvalue weighted by molar-refractivity contribution is 5.08. The van der Waals surface area contributed by atoms with Crippen molar-refractivity contribution in [2.24, 2.45) is 7.05 Å². The highest BCUT2D eigenvalue weighted by atomic mass is 15.2. The minimum Gasteiger partial charge on any atom is -0.276 e. The molecule has 0 aliphatic heterocycles. The largest absolute Gasteiger partial charge is 0.276 e. The Bertz CT molecular complexity index is 312. The van der Waals surface area contributed by atoms with Gasteiger partial charge in [-0.3, -0.25) is 4.68 Å². The fraction of sp³-hybridized carbons (Fsp3) is 0.643. The average molecular weight is 220 g/mol. The summed E-state index contributed by atoms with van der Waals surface area (Å²) in [4.78, 5) is 0. The molecule has 0 aromatic carbocycles. The van der Waals surface area contributed by atoms with Crippen LogP contribution in [0.15, 0.2) is 24.4 Å². The minimum absolute atomic E-state index is 0.601. The van der Waals surface area contributed by atoms with Crippen LogP contribution in [0.4, 0.5) is 0 Å². The van der Waals surface area contributed by atoms with E-state index in [0.717, 1.165) is 6.42 Å². The van der Waals surface area contributed by atoms with E-state index in [1.807, 2.05) is 17.9 Å². The van der Waals surface area contributed by atoms with Gasteiger partial charge in [-0.1, -0.05) is 38.3 Å². The third-order valence-corrected chi connectivity index (χ3v) is 2.96. The Morgan fingerprint density at radius 3 is 2.81 bits per heavy atom. The summed E-state index contributed by atoms with van der Waals surface area (Å²) in [5.74, 6) is 0.601. The van der Waals surface area contributed by atoms with Crippen molar-refractivity contribution in [3.8, 4) is 0 Å². The molecular weight excluding hydrogens is 196 g/mol. The number of aryl methyl sites for hydroxylation is 1. The van der Waals surface area contributed by atoms with Gasteiger partial charge in [0.1, 0.15) is 0 Å². The molecule has 1 aromatic rings. The number of hydrogen-bond donors (Lipinski definition) is 0. The Morgan fingerprint density at radius 1 is 1.44 bits per heavy atom. The third-order valence-electron chi connectivity index (χ3n) is 2.96. The SMILES string of the molecule is C/C=C/CC(CCCCC)c1ccn(C)n1. The van der Waals surface area contributed by atoms with E-state index in [4.69, 9.17) is 0 Å². The first-order valence-electron chi connectivity index (χ1n) is 6.38. The molecule has 2 heteroatoms. The maximum absolute atomic E-state index is 4.53. The zero-order valence-corrected chi connectivity index (χ0v) is 10.8. The summed E-state index contributed by atoms with van der Waals surface area (Å²) in [6.45, 7) is 4.34. The van der Waals surface area contributed by atoms with E-state index in [1.165, 1.54) is 31.4 Å². The first-order valence-corrected chi connectivity index (χ1v) is 6.38. The highest BCUT2D eigenvalue weighted by Gasteiger charge is 2.12. The van der Waals surface area contributed by atoms with E-state index in [0.29, 0.717) is 5.92 Å². The van der Waals surface area contributed by atoms with Gasteiger partial charge in [-0.15, -0.1) is 0 Å². The Hall–Kier alpha value is -1.05. The smallest absolute Gasteiger partial charge is 0.0658 e. The zero-order chi connectivity index (χ0) is 11.8. The van der Waals surface area contributed by atoms with E-state index < -0.39 is 0 Å². The molecule has 90 valence electrons. The molecule has 1 atom stereocenters. The van der Waals surface area contributed by atoms with Crippen LogP contribution in [0.2, 0.25) is 0 Å². The van der Waals surface area contributed by atoms with Gasteiger partial charge in [0.25, 0.3) is 0 Å². The standard InChI is InChI=1S/C14H24N2/c1-4-6-8-10-13(9-7-5-2)14-11-12-16(3)15-14/h5,7,11-13H,4,6,8-10H2,1-3H3/b7-5+. The van der Waals surface area contributed by atoms with E-state index in [9.17, 15) is 0 Å². The molecule has 0 aliphatic rings. The van der Waals surface area contributed by atoms with Crippen LogP contribution in [0.25, 0.3) is 0 Å². The van der Waals surface area contributed by atoms with Gasteiger partial charge in [0.05, 0.1) is 5.69 Å². The number of allylic oxidation sites excluding steroid dienone is 2. The van der Waals surface area contributed by atoms with Crippen LogP contribution >= 0.6 is 0 Å². The summed E-state index contributed by atoms with van der Waals surface area (Å²) in [6.07, 6.45) is 12.7. The lowest BCUT2D eigenvalue weighted by Gasteiger charge is -2.12. The second-order valence-electron chi connectivity index (χ2n) is 4.41. The normalized spacial score (nSPS) is 13.4. The second kappa shape index (κ2) is 7.26. The Kier molecular flexibility index (Phi) is 5.91. The molecule has 1 heterocycles. The lowest BCUT2D eigenvalue weighted by atomic mass is 9.94. The molecule has 0 spiro atoms. The van der Waals surface area contributed by atoms with Crippen molar-refractivity contribution in [1.82, 2.24) is 9.78 Å². The van der Waals surface area contributed by atoms with Crippen molar-refractivity contribution in [2.45, 2.75) is 51.9 Å². The van der Waals surface area contributed by atoms with Crippen LogP contribution in [0, 0.1) is 0 Å². The predicted octanol–water partition coefficient (Wildman–Crippen LogP) is 4.05. The van der Waals surface area contributed by atoms with Gasteiger partial charge in [-0.25, -0.2) is 0 Å². The number of unbranched alkanes of at least 4 members (excludes halogenated alkanes) is 2. The topological polar surface area (TPSA) is 17.8 Å². The minimum atomic E-state index is 0.601. The second-order valence-corrected chi connectivity index (χ2v) is 4.41. The first kappa shape index (κ1) is 13.0. The Labute approximate surface area is 99.4 Å². The van der Waals surface area contributed by atoms with Crippen molar-refractivity contribution >= 4 is 0 Å². The fourth-order valence-electron chi connectivity index (χ4n) is 1.98. The van der Waals surface area contributed by atoms with Crippen molar-refractivity contribution in [2.75, 3.05) is 0 Å². The molecule has 1 rings (SSSR count).